The number of carbonyl (C=O) groups is 1. The molecule has 0 radical (unpaired) electrons. The molecule has 1 aromatic carbocycles. The molecule has 1 saturated heterocycles. The van der Waals surface area contributed by atoms with Crippen LogP contribution in [0, 0.1) is 6.92 Å². The Morgan fingerprint density at radius 2 is 2.33 bits per heavy atom. The van der Waals surface area contributed by atoms with Crippen molar-refractivity contribution in [3.05, 3.63) is 35.4 Å². The second-order valence-electron chi connectivity index (χ2n) is 3.06. The summed E-state index contributed by atoms with van der Waals surface area (Å²) in [6.45, 7) is 2.57. The second kappa shape index (κ2) is 2.72. The number of aryl methyl sites for hydroxylation is 1. The van der Waals surface area contributed by atoms with E-state index in [0.29, 0.717) is 6.61 Å². The Balaban J connectivity index is 2.26. The van der Waals surface area contributed by atoms with E-state index in [1.165, 1.54) is 0 Å². The van der Waals surface area contributed by atoms with Crippen LogP contribution in [0.4, 0.5) is 0 Å². The first kappa shape index (κ1) is 7.50. The Labute approximate surface area is 71.2 Å². The molecular formula is C10H10O2. The minimum atomic E-state index is -0.160. The van der Waals surface area contributed by atoms with Crippen molar-refractivity contribution < 1.29 is 9.53 Å². The van der Waals surface area contributed by atoms with Crippen LogP contribution in [-0.4, -0.2) is 18.5 Å². The van der Waals surface area contributed by atoms with Gasteiger partial charge in [0.15, 0.2) is 5.78 Å². The Kier molecular flexibility index (Phi) is 1.70. The number of benzene rings is 1. The first-order valence-electron chi connectivity index (χ1n) is 4.00. The zero-order chi connectivity index (χ0) is 8.55. The summed E-state index contributed by atoms with van der Waals surface area (Å²) in [6, 6.07) is 7.59. The van der Waals surface area contributed by atoms with Gasteiger partial charge in [-0.2, -0.15) is 0 Å². The van der Waals surface area contributed by atoms with Crippen LogP contribution in [0.2, 0.25) is 0 Å². The van der Waals surface area contributed by atoms with Crippen LogP contribution in [0.5, 0.6) is 0 Å². The summed E-state index contributed by atoms with van der Waals surface area (Å²) in [5, 5.41) is 0. The number of ketones is 1. The number of carbonyl (C=O) groups excluding carboxylic acids is 1. The number of epoxide rings is 1. The molecule has 1 atom stereocenters. The average Bonchev–Trinajstić information content (AvgIpc) is 2.85. The summed E-state index contributed by atoms with van der Waals surface area (Å²) < 4.78 is 4.92. The standard InChI is InChI=1S/C10H10O2/c1-7-3-2-4-8(5-7)10(11)9-6-12-9/h2-5,9H,6H2,1H3. The van der Waals surface area contributed by atoms with Crippen molar-refractivity contribution in [1.29, 1.82) is 0 Å². The normalized spacial score (nSPS) is 20.6. The monoisotopic (exact) mass is 162 g/mol. The van der Waals surface area contributed by atoms with E-state index in [4.69, 9.17) is 4.74 Å². The van der Waals surface area contributed by atoms with Crippen LogP contribution in [0.3, 0.4) is 0 Å². The van der Waals surface area contributed by atoms with Crippen LogP contribution < -0.4 is 0 Å². The lowest BCUT2D eigenvalue weighted by Gasteiger charge is -1.97. The van der Waals surface area contributed by atoms with Crippen LogP contribution >= 0.6 is 0 Å². The first-order chi connectivity index (χ1) is 5.77. The fraction of sp³-hybridized carbons (Fsp3) is 0.300. The summed E-state index contributed by atoms with van der Waals surface area (Å²) in [7, 11) is 0. The molecule has 1 aliphatic rings. The van der Waals surface area contributed by atoms with Gasteiger partial charge >= 0.3 is 0 Å². The molecule has 2 heteroatoms. The van der Waals surface area contributed by atoms with E-state index in [2.05, 4.69) is 0 Å². The van der Waals surface area contributed by atoms with Gasteiger partial charge in [0.1, 0.15) is 6.10 Å². The number of ether oxygens (including phenoxy) is 1. The molecule has 2 rings (SSSR count). The van der Waals surface area contributed by atoms with Gasteiger partial charge < -0.3 is 4.74 Å². The summed E-state index contributed by atoms with van der Waals surface area (Å²) in [5.41, 5.74) is 1.87. The van der Waals surface area contributed by atoms with Gasteiger partial charge in [-0.05, 0) is 13.0 Å². The molecule has 0 aromatic heterocycles. The zero-order valence-corrected chi connectivity index (χ0v) is 6.91. The predicted octanol–water partition coefficient (Wildman–Crippen LogP) is 1.58. The van der Waals surface area contributed by atoms with Crippen LogP contribution in [0.15, 0.2) is 24.3 Å². The van der Waals surface area contributed by atoms with Crippen molar-refractivity contribution in [2.45, 2.75) is 13.0 Å². The minimum Gasteiger partial charge on any atom is -0.364 e. The summed E-state index contributed by atoms with van der Waals surface area (Å²) in [6.07, 6.45) is -0.160. The lowest BCUT2D eigenvalue weighted by atomic mass is 10.1. The molecule has 2 nitrogen and oxygen atoms in total. The van der Waals surface area contributed by atoms with Gasteiger partial charge in [0.2, 0.25) is 0 Å². The third-order valence-corrected chi connectivity index (χ3v) is 1.93. The fourth-order valence-electron chi connectivity index (χ4n) is 1.18. The van der Waals surface area contributed by atoms with E-state index in [1.807, 2.05) is 31.2 Å². The van der Waals surface area contributed by atoms with E-state index in [1.54, 1.807) is 0 Å². The molecule has 1 aromatic rings. The molecule has 1 fully saturated rings. The van der Waals surface area contributed by atoms with E-state index in [9.17, 15) is 4.79 Å². The van der Waals surface area contributed by atoms with E-state index in [-0.39, 0.29) is 11.9 Å². The summed E-state index contributed by atoms with van der Waals surface area (Å²) in [4.78, 5) is 11.4. The van der Waals surface area contributed by atoms with Gasteiger partial charge in [-0.25, -0.2) is 0 Å². The molecule has 0 N–H and O–H groups in total. The molecule has 0 spiro atoms. The first-order valence-corrected chi connectivity index (χ1v) is 4.00. The predicted molar refractivity (Wildman–Crippen MR) is 45.2 cm³/mol. The minimum absolute atomic E-state index is 0.110. The van der Waals surface area contributed by atoms with Crippen molar-refractivity contribution in [2.75, 3.05) is 6.61 Å². The van der Waals surface area contributed by atoms with Crippen molar-refractivity contribution >= 4 is 5.78 Å². The number of hydrogen-bond donors (Lipinski definition) is 0. The Morgan fingerprint density at radius 3 is 2.92 bits per heavy atom. The van der Waals surface area contributed by atoms with E-state index < -0.39 is 0 Å². The van der Waals surface area contributed by atoms with Gasteiger partial charge in [0.25, 0.3) is 0 Å². The van der Waals surface area contributed by atoms with Gasteiger partial charge in [-0.15, -0.1) is 0 Å². The lowest BCUT2D eigenvalue weighted by Crippen LogP contribution is -2.06. The molecule has 62 valence electrons. The molecule has 0 amide bonds. The van der Waals surface area contributed by atoms with Crippen LogP contribution in [0.25, 0.3) is 0 Å². The maximum atomic E-state index is 11.4. The zero-order valence-electron chi connectivity index (χ0n) is 6.91. The fourth-order valence-corrected chi connectivity index (χ4v) is 1.18. The Bertz CT molecular complexity index is 313. The van der Waals surface area contributed by atoms with Crippen LogP contribution in [0.1, 0.15) is 15.9 Å². The molecule has 12 heavy (non-hydrogen) atoms. The molecule has 0 saturated carbocycles. The van der Waals surface area contributed by atoms with Crippen LogP contribution in [-0.2, 0) is 4.74 Å². The highest BCUT2D eigenvalue weighted by Crippen LogP contribution is 2.16. The summed E-state index contributed by atoms with van der Waals surface area (Å²) >= 11 is 0. The molecule has 1 unspecified atom stereocenters. The molecule has 0 aliphatic carbocycles. The molecular weight excluding hydrogens is 152 g/mol. The van der Waals surface area contributed by atoms with Gasteiger partial charge in [-0.3, -0.25) is 4.79 Å². The molecule has 1 heterocycles. The highest BCUT2D eigenvalue weighted by molar-refractivity contribution is 6.00. The highest BCUT2D eigenvalue weighted by Gasteiger charge is 2.31. The number of hydrogen-bond acceptors (Lipinski definition) is 2. The highest BCUT2D eigenvalue weighted by atomic mass is 16.6. The second-order valence-corrected chi connectivity index (χ2v) is 3.06. The maximum Gasteiger partial charge on any atom is 0.193 e. The smallest absolute Gasteiger partial charge is 0.193 e. The van der Waals surface area contributed by atoms with Gasteiger partial charge in [0, 0.05) is 5.56 Å². The number of rotatable bonds is 2. The quantitative estimate of drug-likeness (QED) is 0.488. The lowest BCUT2D eigenvalue weighted by molar-refractivity contribution is 0.0953. The molecule has 1 aliphatic heterocycles. The largest absolute Gasteiger partial charge is 0.364 e. The maximum absolute atomic E-state index is 11.4. The van der Waals surface area contributed by atoms with E-state index >= 15 is 0 Å². The SMILES string of the molecule is Cc1cccc(C(=O)C2CO2)c1. The Hall–Kier alpha value is -1.15. The van der Waals surface area contributed by atoms with Crippen molar-refractivity contribution in [3.8, 4) is 0 Å². The van der Waals surface area contributed by atoms with Gasteiger partial charge in [-0.1, -0.05) is 23.8 Å². The third-order valence-electron chi connectivity index (χ3n) is 1.93. The van der Waals surface area contributed by atoms with Crippen molar-refractivity contribution in [2.24, 2.45) is 0 Å². The third kappa shape index (κ3) is 1.38. The van der Waals surface area contributed by atoms with Crippen molar-refractivity contribution in [3.63, 3.8) is 0 Å². The summed E-state index contributed by atoms with van der Waals surface area (Å²) in [5.74, 6) is 0.110. The molecule has 0 bridgehead atoms. The average molecular weight is 162 g/mol. The van der Waals surface area contributed by atoms with E-state index in [0.717, 1.165) is 11.1 Å². The Morgan fingerprint density at radius 1 is 1.58 bits per heavy atom. The van der Waals surface area contributed by atoms with Crippen molar-refractivity contribution in [1.82, 2.24) is 0 Å². The topological polar surface area (TPSA) is 29.6 Å². The van der Waals surface area contributed by atoms with Gasteiger partial charge in [0.05, 0.1) is 6.61 Å². The number of Topliss-reactive ketones (excluding diaryl/α,β-unsaturated/α-hetero) is 1.